The molecule has 3 rings (SSSR count). The first-order valence-electron chi connectivity index (χ1n) is 9.49. The molecule has 1 amide bonds. The number of halogens is 1. The minimum atomic E-state index is -0.212. The molecule has 3 N–H and O–H groups in total. The number of hydrogen-bond donors (Lipinski definition) is 2. The highest BCUT2D eigenvalue weighted by Crippen LogP contribution is 2.41. The van der Waals surface area contributed by atoms with Crippen molar-refractivity contribution < 1.29 is 9.18 Å². The number of rotatable bonds is 6. The Labute approximate surface area is 150 Å². The van der Waals surface area contributed by atoms with Gasteiger partial charge >= 0.3 is 0 Å². The topological polar surface area (TPSA) is 58.4 Å². The molecule has 1 aromatic carbocycles. The van der Waals surface area contributed by atoms with Crippen LogP contribution in [0.15, 0.2) is 24.3 Å². The van der Waals surface area contributed by atoms with Crippen molar-refractivity contribution in [2.75, 3.05) is 20.1 Å². The number of nitrogens with zero attached hydrogens (tertiary/aromatic N) is 1. The summed E-state index contributed by atoms with van der Waals surface area (Å²) in [6, 6.07) is 6.87. The largest absolute Gasteiger partial charge is 0.355 e. The summed E-state index contributed by atoms with van der Waals surface area (Å²) in [5.74, 6) is 1.18. The fourth-order valence-corrected chi connectivity index (χ4v) is 4.50. The molecular weight excluding hydrogens is 317 g/mol. The number of nitrogens with two attached hydrogens (primary N) is 1. The van der Waals surface area contributed by atoms with Gasteiger partial charge in [0.15, 0.2) is 0 Å². The van der Waals surface area contributed by atoms with Crippen molar-refractivity contribution in [3.05, 3.63) is 35.6 Å². The van der Waals surface area contributed by atoms with Gasteiger partial charge in [-0.25, -0.2) is 4.39 Å². The number of fused-ring (bicyclic) bond motifs is 2. The third-order valence-corrected chi connectivity index (χ3v) is 5.94. The van der Waals surface area contributed by atoms with E-state index in [2.05, 4.69) is 10.2 Å². The Bertz CT molecular complexity index is 563. The molecule has 0 radical (unpaired) electrons. The van der Waals surface area contributed by atoms with Gasteiger partial charge in [0.05, 0.1) is 0 Å². The third kappa shape index (κ3) is 4.79. The van der Waals surface area contributed by atoms with Crippen molar-refractivity contribution in [2.45, 2.75) is 44.7 Å². The molecule has 1 aromatic rings. The number of nitrogens with one attached hydrogen (secondary N) is 1. The molecule has 0 aliphatic heterocycles. The Balaban J connectivity index is 1.39. The molecule has 4 nitrogen and oxygen atoms in total. The molecular formula is C20H30FN3O. The van der Waals surface area contributed by atoms with E-state index in [0.29, 0.717) is 24.4 Å². The van der Waals surface area contributed by atoms with Crippen molar-refractivity contribution >= 4 is 5.91 Å². The first-order chi connectivity index (χ1) is 12.0. The maximum Gasteiger partial charge on any atom is 0.223 e. The van der Waals surface area contributed by atoms with Gasteiger partial charge in [-0.15, -0.1) is 0 Å². The van der Waals surface area contributed by atoms with E-state index in [1.807, 2.05) is 7.05 Å². The van der Waals surface area contributed by atoms with Crippen LogP contribution in [0.5, 0.6) is 0 Å². The van der Waals surface area contributed by atoms with E-state index < -0.39 is 0 Å². The van der Waals surface area contributed by atoms with Crippen LogP contribution in [0, 0.1) is 23.6 Å². The fourth-order valence-electron chi connectivity index (χ4n) is 4.50. The van der Waals surface area contributed by atoms with Crippen LogP contribution in [0.4, 0.5) is 4.39 Å². The van der Waals surface area contributed by atoms with Crippen molar-refractivity contribution in [1.82, 2.24) is 10.2 Å². The molecule has 0 saturated heterocycles. The van der Waals surface area contributed by atoms with E-state index in [1.165, 1.54) is 31.4 Å². The van der Waals surface area contributed by atoms with E-state index in [4.69, 9.17) is 5.73 Å². The second-order valence-corrected chi connectivity index (χ2v) is 7.85. The van der Waals surface area contributed by atoms with Gasteiger partial charge in [0, 0.05) is 31.6 Å². The van der Waals surface area contributed by atoms with Crippen molar-refractivity contribution in [3.63, 3.8) is 0 Å². The van der Waals surface area contributed by atoms with Crippen LogP contribution < -0.4 is 11.1 Å². The molecule has 2 aliphatic rings. The second kappa shape index (κ2) is 8.28. The Morgan fingerprint density at radius 3 is 2.52 bits per heavy atom. The van der Waals surface area contributed by atoms with Crippen molar-refractivity contribution in [2.24, 2.45) is 23.5 Å². The summed E-state index contributed by atoms with van der Waals surface area (Å²) in [6.07, 6.45) is 5.54. The molecule has 25 heavy (non-hydrogen) atoms. The highest BCUT2D eigenvalue weighted by molar-refractivity contribution is 5.78. The quantitative estimate of drug-likeness (QED) is 0.831. The molecule has 0 heterocycles. The zero-order valence-corrected chi connectivity index (χ0v) is 15.1. The lowest BCUT2D eigenvalue weighted by Crippen LogP contribution is -2.49. The standard InChI is InChI=1S/C20H30FN3O/c1-24(13-14-5-7-18(21)8-6-14)10-9-23-20(25)17-11-15-3-2-4-16(12-17)19(15)22/h5-8,15-17,19H,2-4,9-13,22H2,1H3,(H,23,25). The van der Waals surface area contributed by atoms with E-state index >= 15 is 0 Å². The van der Waals surface area contributed by atoms with Crippen molar-refractivity contribution in [1.29, 1.82) is 0 Å². The third-order valence-electron chi connectivity index (χ3n) is 5.94. The van der Waals surface area contributed by atoms with E-state index in [9.17, 15) is 9.18 Å². The van der Waals surface area contributed by atoms with Gasteiger partial charge in [0.1, 0.15) is 5.82 Å². The second-order valence-electron chi connectivity index (χ2n) is 7.85. The molecule has 2 atom stereocenters. The van der Waals surface area contributed by atoms with E-state index in [0.717, 1.165) is 31.5 Å². The van der Waals surface area contributed by atoms with Gasteiger partial charge in [-0.1, -0.05) is 18.6 Å². The first-order valence-corrected chi connectivity index (χ1v) is 9.49. The predicted molar refractivity (Wildman–Crippen MR) is 97.3 cm³/mol. The molecule has 2 aliphatic carbocycles. The van der Waals surface area contributed by atoms with Gasteiger partial charge in [-0.05, 0) is 62.3 Å². The molecule has 2 bridgehead atoms. The lowest BCUT2D eigenvalue weighted by Gasteiger charge is -2.43. The molecule has 2 fully saturated rings. The smallest absolute Gasteiger partial charge is 0.223 e. The molecule has 0 aromatic heterocycles. The number of hydrogen-bond acceptors (Lipinski definition) is 3. The summed E-state index contributed by atoms with van der Waals surface area (Å²) >= 11 is 0. The molecule has 138 valence electrons. The zero-order valence-electron chi connectivity index (χ0n) is 15.1. The predicted octanol–water partition coefficient (Wildman–Crippen LogP) is 2.53. The van der Waals surface area contributed by atoms with Crippen LogP contribution in [0.25, 0.3) is 0 Å². The monoisotopic (exact) mass is 347 g/mol. The van der Waals surface area contributed by atoms with Gasteiger partial charge in [-0.2, -0.15) is 0 Å². The number of amides is 1. The fraction of sp³-hybridized carbons (Fsp3) is 0.650. The zero-order chi connectivity index (χ0) is 17.8. The average Bonchev–Trinajstić information content (AvgIpc) is 2.56. The highest BCUT2D eigenvalue weighted by atomic mass is 19.1. The summed E-state index contributed by atoms with van der Waals surface area (Å²) in [7, 11) is 2.01. The van der Waals surface area contributed by atoms with Crippen LogP contribution in [-0.4, -0.2) is 37.0 Å². The lowest BCUT2D eigenvalue weighted by molar-refractivity contribution is -0.127. The summed E-state index contributed by atoms with van der Waals surface area (Å²) < 4.78 is 12.9. The van der Waals surface area contributed by atoms with Crippen LogP contribution in [0.2, 0.25) is 0 Å². The molecule has 5 heteroatoms. The van der Waals surface area contributed by atoms with Crippen LogP contribution in [-0.2, 0) is 11.3 Å². The van der Waals surface area contributed by atoms with Gasteiger partial charge in [-0.3, -0.25) is 4.79 Å². The maximum atomic E-state index is 12.9. The average molecular weight is 347 g/mol. The summed E-state index contributed by atoms with van der Waals surface area (Å²) in [5, 5.41) is 3.10. The normalized spacial score (nSPS) is 28.8. The minimum absolute atomic E-state index is 0.137. The summed E-state index contributed by atoms with van der Waals surface area (Å²) in [6.45, 7) is 2.18. The summed E-state index contributed by atoms with van der Waals surface area (Å²) in [4.78, 5) is 14.6. The SMILES string of the molecule is CN(CCNC(=O)C1CC2CCCC(C1)C2N)Cc1ccc(F)cc1. The number of carbonyl (C=O) groups is 1. The van der Waals surface area contributed by atoms with Gasteiger partial charge < -0.3 is 16.0 Å². The van der Waals surface area contributed by atoms with Crippen molar-refractivity contribution in [3.8, 4) is 0 Å². The minimum Gasteiger partial charge on any atom is -0.355 e. The maximum absolute atomic E-state index is 12.9. The first kappa shape index (κ1) is 18.3. The van der Waals surface area contributed by atoms with Gasteiger partial charge in [0.2, 0.25) is 5.91 Å². The van der Waals surface area contributed by atoms with Crippen LogP contribution >= 0.6 is 0 Å². The Hall–Kier alpha value is -1.46. The van der Waals surface area contributed by atoms with Crippen LogP contribution in [0.1, 0.15) is 37.7 Å². The number of carbonyl (C=O) groups excluding carboxylic acids is 1. The van der Waals surface area contributed by atoms with Gasteiger partial charge in [0.25, 0.3) is 0 Å². The summed E-state index contributed by atoms with van der Waals surface area (Å²) in [5.41, 5.74) is 7.38. The Morgan fingerprint density at radius 2 is 1.88 bits per heavy atom. The van der Waals surface area contributed by atoms with Crippen LogP contribution in [0.3, 0.4) is 0 Å². The lowest BCUT2D eigenvalue weighted by atomic mass is 9.65. The molecule has 0 spiro atoms. The molecule has 2 saturated carbocycles. The Morgan fingerprint density at radius 1 is 1.24 bits per heavy atom. The Kier molecular flexibility index (Phi) is 6.07. The molecule has 2 unspecified atom stereocenters. The number of benzene rings is 1. The number of likely N-dealkylation sites (N-methyl/N-ethyl adjacent to an activating group) is 1. The van der Waals surface area contributed by atoms with E-state index in [-0.39, 0.29) is 17.6 Å². The highest BCUT2D eigenvalue weighted by Gasteiger charge is 2.40. The van der Waals surface area contributed by atoms with E-state index in [1.54, 1.807) is 12.1 Å².